The van der Waals surface area contributed by atoms with Crippen molar-refractivity contribution in [2.24, 2.45) is 0 Å². The SMILES string of the molecule is Cc1cc(C(C)(C)C)cc(S(=O)(=O)Nc2ccc(C(=O)N(C)CCO)cc2)c1C. The van der Waals surface area contributed by atoms with Gasteiger partial charge in [0, 0.05) is 24.8 Å². The molecule has 0 aromatic heterocycles. The first-order valence-electron chi connectivity index (χ1n) is 9.48. The van der Waals surface area contributed by atoms with Gasteiger partial charge in [-0.15, -0.1) is 0 Å². The minimum Gasteiger partial charge on any atom is -0.395 e. The van der Waals surface area contributed by atoms with Gasteiger partial charge in [0.25, 0.3) is 15.9 Å². The Morgan fingerprint density at radius 3 is 2.21 bits per heavy atom. The molecule has 2 aromatic rings. The number of hydrogen-bond acceptors (Lipinski definition) is 4. The zero-order chi connectivity index (χ0) is 22.0. The van der Waals surface area contributed by atoms with Crippen LogP contribution in [0.1, 0.15) is 47.8 Å². The second-order valence-electron chi connectivity index (χ2n) is 8.30. The van der Waals surface area contributed by atoms with Crippen LogP contribution >= 0.6 is 0 Å². The van der Waals surface area contributed by atoms with Gasteiger partial charge in [0.2, 0.25) is 0 Å². The third-order valence-corrected chi connectivity index (χ3v) is 6.45. The molecule has 2 N–H and O–H groups in total. The van der Waals surface area contributed by atoms with Crippen LogP contribution in [0, 0.1) is 13.8 Å². The number of rotatable bonds is 6. The van der Waals surface area contributed by atoms with Crippen molar-refractivity contribution in [3.63, 3.8) is 0 Å². The van der Waals surface area contributed by atoms with Crippen LogP contribution in [0.25, 0.3) is 0 Å². The van der Waals surface area contributed by atoms with Gasteiger partial charge in [-0.3, -0.25) is 9.52 Å². The van der Waals surface area contributed by atoms with Crippen LogP contribution in [0.15, 0.2) is 41.3 Å². The highest BCUT2D eigenvalue weighted by Gasteiger charge is 2.23. The monoisotopic (exact) mass is 418 g/mol. The molecule has 0 heterocycles. The lowest BCUT2D eigenvalue weighted by Crippen LogP contribution is -2.29. The van der Waals surface area contributed by atoms with Crippen LogP contribution in [0.5, 0.6) is 0 Å². The van der Waals surface area contributed by atoms with E-state index in [1.54, 1.807) is 44.3 Å². The van der Waals surface area contributed by atoms with Crippen molar-refractivity contribution in [2.45, 2.75) is 44.9 Å². The Balaban J connectivity index is 2.33. The molecule has 29 heavy (non-hydrogen) atoms. The van der Waals surface area contributed by atoms with E-state index in [-0.39, 0.29) is 29.4 Å². The van der Waals surface area contributed by atoms with Crippen molar-refractivity contribution in [1.29, 1.82) is 0 Å². The predicted octanol–water partition coefficient (Wildman–Crippen LogP) is 3.47. The van der Waals surface area contributed by atoms with Crippen LogP contribution in [0.3, 0.4) is 0 Å². The second-order valence-corrected chi connectivity index (χ2v) is 9.95. The molecule has 2 aromatic carbocycles. The third kappa shape index (κ3) is 5.36. The van der Waals surface area contributed by atoms with Crippen molar-refractivity contribution in [2.75, 3.05) is 24.9 Å². The summed E-state index contributed by atoms with van der Waals surface area (Å²) in [6, 6.07) is 10.0. The lowest BCUT2D eigenvalue weighted by molar-refractivity contribution is 0.0767. The molecule has 0 unspecified atom stereocenters. The summed E-state index contributed by atoms with van der Waals surface area (Å²) in [6.07, 6.45) is 0. The number of sulfonamides is 1. The summed E-state index contributed by atoms with van der Waals surface area (Å²) < 4.78 is 28.7. The number of nitrogens with zero attached hydrogens (tertiary/aromatic N) is 1. The number of aryl methyl sites for hydroxylation is 1. The summed E-state index contributed by atoms with van der Waals surface area (Å²) in [5.74, 6) is -0.238. The summed E-state index contributed by atoms with van der Waals surface area (Å²) >= 11 is 0. The van der Waals surface area contributed by atoms with Crippen molar-refractivity contribution < 1.29 is 18.3 Å². The molecule has 0 saturated carbocycles. The Hall–Kier alpha value is -2.38. The van der Waals surface area contributed by atoms with Gasteiger partial charge in [0.05, 0.1) is 11.5 Å². The molecule has 0 saturated heterocycles. The van der Waals surface area contributed by atoms with Gasteiger partial charge in [-0.05, 0) is 66.3 Å². The number of anilines is 1. The maximum Gasteiger partial charge on any atom is 0.262 e. The topological polar surface area (TPSA) is 86.7 Å². The Kier molecular flexibility index (Phi) is 6.75. The van der Waals surface area contributed by atoms with E-state index in [1.165, 1.54) is 4.90 Å². The molecular weight excluding hydrogens is 388 g/mol. The number of amides is 1. The number of hydrogen-bond donors (Lipinski definition) is 2. The fourth-order valence-electron chi connectivity index (χ4n) is 2.90. The fraction of sp³-hybridized carbons (Fsp3) is 0.409. The zero-order valence-corrected chi connectivity index (χ0v) is 18.7. The van der Waals surface area contributed by atoms with E-state index in [1.807, 2.05) is 33.8 Å². The van der Waals surface area contributed by atoms with Crippen molar-refractivity contribution >= 4 is 21.6 Å². The number of carbonyl (C=O) groups excluding carboxylic acids is 1. The highest BCUT2D eigenvalue weighted by molar-refractivity contribution is 7.92. The molecule has 2 rings (SSSR count). The Morgan fingerprint density at radius 2 is 1.69 bits per heavy atom. The second kappa shape index (κ2) is 8.55. The maximum absolute atomic E-state index is 13.1. The third-order valence-electron chi connectivity index (χ3n) is 4.94. The molecule has 7 heteroatoms. The average molecular weight is 419 g/mol. The van der Waals surface area contributed by atoms with Crippen LogP contribution in [-0.4, -0.2) is 44.5 Å². The van der Waals surface area contributed by atoms with Gasteiger partial charge in [0.1, 0.15) is 0 Å². The minimum absolute atomic E-state index is 0.119. The van der Waals surface area contributed by atoms with Gasteiger partial charge in [-0.2, -0.15) is 0 Å². The van der Waals surface area contributed by atoms with Gasteiger partial charge in [-0.25, -0.2) is 8.42 Å². The molecule has 0 spiro atoms. The average Bonchev–Trinajstić information content (AvgIpc) is 2.62. The molecule has 1 amide bonds. The molecule has 158 valence electrons. The van der Waals surface area contributed by atoms with E-state index >= 15 is 0 Å². The van der Waals surface area contributed by atoms with Gasteiger partial charge >= 0.3 is 0 Å². The summed E-state index contributed by atoms with van der Waals surface area (Å²) in [5, 5.41) is 8.95. The summed E-state index contributed by atoms with van der Waals surface area (Å²) in [6.45, 7) is 9.96. The smallest absolute Gasteiger partial charge is 0.262 e. The lowest BCUT2D eigenvalue weighted by atomic mass is 9.85. The fourth-order valence-corrected chi connectivity index (χ4v) is 4.30. The standard InChI is InChI=1S/C22H30N2O4S/c1-15-13-18(22(3,4)5)14-20(16(15)2)29(27,28)23-19-9-7-17(8-10-19)21(26)24(6)11-12-25/h7-10,13-14,23,25H,11-12H2,1-6H3. The van der Waals surface area contributed by atoms with Crippen LogP contribution in [-0.2, 0) is 15.4 Å². The number of carbonyl (C=O) groups is 1. The zero-order valence-electron chi connectivity index (χ0n) is 17.9. The maximum atomic E-state index is 13.1. The molecule has 0 bridgehead atoms. The van der Waals surface area contributed by atoms with Gasteiger partial charge in [-0.1, -0.05) is 26.8 Å². The number of likely N-dealkylation sites (N-methyl/N-ethyl adjacent to an activating group) is 1. The van der Waals surface area contributed by atoms with E-state index in [0.717, 1.165) is 11.1 Å². The number of nitrogens with one attached hydrogen (secondary N) is 1. The lowest BCUT2D eigenvalue weighted by Gasteiger charge is -2.22. The molecule has 0 aliphatic rings. The Morgan fingerprint density at radius 1 is 1.10 bits per heavy atom. The summed E-state index contributed by atoms with van der Waals surface area (Å²) in [5.41, 5.74) is 3.21. The largest absolute Gasteiger partial charge is 0.395 e. The summed E-state index contributed by atoms with van der Waals surface area (Å²) in [4.78, 5) is 13.9. The van der Waals surface area contributed by atoms with Crippen LogP contribution in [0.4, 0.5) is 5.69 Å². The number of aliphatic hydroxyl groups excluding tert-OH is 1. The van der Waals surface area contributed by atoms with Crippen molar-refractivity contribution in [3.8, 4) is 0 Å². The first kappa shape index (κ1) is 22.9. The summed E-state index contributed by atoms with van der Waals surface area (Å²) in [7, 11) is -2.19. The Labute approximate surface area is 173 Å². The molecule has 0 fully saturated rings. The molecule has 0 aliphatic heterocycles. The van der Waals surface area contributed by atoms with Gasteiger partial charge < -0.3 is 10.0 Å². The van der Waals surface area contributed by atoms with Crippen molar-refractivity contribution in [3.05, 3.63) is 58.7 Å². The predicted molar refractivity (Wildman–Crippen MR) is 116 cm³/mol. The van der Waals surface area contributed by atoms with E-state index in [0.29, 0.717) is 16.8 Å². The van der Waals surface area contributed by atoms with E-state index in [2.05, 4.69) is 4.72 Å². The quantitative estimate of drug-likeness (QED) is 0.752. The highest BCUT2D eigenvalue weighted by atomic mass is 32.2. The molecule has 0 radical (unpaired) electrons. The van der Waals surface area contributed by atoms with Crippen LogP contribution < -0.4 is 4.72 Å². The highest BCUT2D eigenvalue weighted by Crippen LogP contribution is 2.30. The molecule has 0 aliphatic carbocycles. The van der Waals surface area contributed by atoms with Crippen molar-refractivity contribution in [1.82, 2.24) is 4.90 Å². The molecule has 6 nitrogen and oxygen atoms in total. The van der Waals surface area contributed by atoms with E-state index in [4.69, 9.17) is 5.11 Å². The number of aliphatic hydroxyl groups is 1. The van der Waals surface area contributed by atoms with E-state index in [9.17, 15) is 13.2 Å². The van der Waals surface area contributed by atoms with E-state index < -0.39 is 10.0 Å². The first-order valence-corrected chi connectivity index (χ1v) is 11.0. The Bertz CT molecular complexity index is 991. The van der Waals surface area contributed by atoms with Crippen LogP contribution in [0.2, 0.25) is 0 Å². The first-order chi connectivity index (χ1) is 13.4. The number of benzene rings is 2. The molecular formula is C22H30N2O4S. The van der Waals surface area contributed by atoms with Gasteiger partial charge in [0.15, 0.2) is 0 Å². The molecule has 0 atom stereocenters. The normalized spacial score (nSPS) is 12.0. The minimum atomic E-state index is -3.79.